The third-order valence-electron chi connectivity index (χ3n) is 4.21. The van der Waals surface area contributed by atoms with Crippen LogP contribution in [0.5, 0.6) is 5.88 Å². The molecule has 3 heterocycles. The molecule has 0 aromatic carbocycles. The summed E-state index contributed by atoms with van der Waals surface area (Å²) in [4.78, 5) is 4.25. The zero-order valence-corrected chi connectivity index (χ0v) is 11.9. The summed E-state index contributed by atoms with van der Waals surface area (Å²) >= 11 is 0. The predicted octanol–water partition coefficient (Wildman–Crippen LogP) is 2.63. The van der Waals surface area contributed by atoms with E-state index >= 15 is 0 Å². The fourth-order valence-corrected chi connectivity index (χ4v) is 2.83. The quantitative estimate of drug-likeness (QED) is 0.799. The Labute approximate surface area is 122 Å². The third kappa shape index (κ3) is 2.07. The van der Waals surface area contributed by atoms with Crippen molar-refractivity contribution in [2.45, 2.75) is 25.8 Å². The lowest BCUT2D eigenvalue weighted by Crippen LogP contribution is -2.18. The van der Waals surface area contributed by atoms with Crippen LogP contribution in [0.25, 0.3) is 22.2 Å². The van der Waals surface area contributed by atoms with E-state index in [0.29, 0.717) is 5.88 Å². The molecule has 21 heavy (non-hydrogen) atoms. The van der Waals surface area contributed by atoms with Crippen LogP contribution in [0, 0.1) is 5.92 Å². The molecule has 6 heteroatoms. The van der Waals surface area contributed by atoms with Crippen molar-refractivity contribution in [2.75, 3.05) is 7.11 Å². The van der Waals surface area contributed by atoms with E-state index in [2.05, 4.69) is 26.5 Å². The zero-order chi connectivity index (χ0) is 14.2. The fourth-order valence-electron chi connectivity index (χ4n) is 2.83. The Morgan fingerprint density at radius 2 is 2.33 bits per heavy atom. The van der Waals surface area contributed by atoms with Crippen LogP contribution in [0.4, 0.5) is 0 Å². The van der Waals surface area contributed by atoms with Crippen LogP contribution >= 0.6 is 0 Å². The molecule has 6 nitrogen and oxygen atoms in total. The number of nitrogens with one attached hydrogen (secondary N) is 1. The highest BCUT2D eigenvalue weighted by molar-refractivity contribution is 5.96. The molecule has 1 aliphatic rings. The monoisotopic (exact) mass is 283 g/mol. The third-order valence-corrected chi connectivity index (χ3v) is 4.21. The number of hydrogen-bond acceptors (Lipinski definition) is 4. The molecule has 0 spiro atoms. The van der Waals surface area contributed by atoms with Gasteiger partial charge in [0.05, 0.1) is 24.2 Å². The molecule has 3 aromatic rings. The highest BCUT2D eigenvalue weighted by atomic mass is 16.5. The minimum Gasteiger partial charge on any atom is -0.480 e. The van der Waals surface area contributed by atoms with Gasteiger partial charge in [-0.2, -0.15) is 10.2 Å². The van der Waals surface area contributed by atoms with Gasteiger partial charge in [0.25, 0.3) is 0 Å². The molecule has 0 unspecified atom stereocenters. The van der Waals surface area contributed by atoms with Crippen molar-refractivity contribution in [2.24, 2.45) is 5.92 Å². The van der Waals surface area contributed by atoms with E-state index in [0.717, 1.165) is 34.6 Å². The standard InChI is InChI=1S/C15H17N5O/c1-21-15-13-12(5-6-16-15)18-19-14(13)11-7-17-20(9-11)8-10-3-2-4-10/h5-7,9-10H,2-4,8H2,1H3,(H,18,19). The van der Waals surface area contributed by atoms with Gasteiger partial charge in [0.2, 0.25) is 5.88 Å². The lowest BCUT2D eigenvalue weighted by Gasteiger charge is -2.24. The molecule has 0 saturated heterocycles. The number of ether oxygens (including phenoxy) is 1. The summed E-state index contributed by atoms with van der Waals surface area (Å²) in [6.45, 7) is 0.998. The number of hydrogen-bond donors (Lipinski definition) is 1. The van der Waals surface area contributed by atoms with Crippen LogP contribution in [0.3, 0.4) is 0 Å². The van der Waals surface area contributed by atoms with Crippen molar-refractivity contribution in [3.05, 3.63) is 24.7 Å². The summed E-state index contributed by atoms with van der Waals surface area (Å²) in [6.07, 6.45) is 9.62. The van der Waals surface area contributed by atoms with E-state index < -0.39 is 0 Å². The Hall–Kier alpha value is -2.37. The van der Waals surface area contributed by atoms with Crippen LogP contribution in [0.2, 0.25) is 0 Å². The molecule has 0 radical (unpaired) electrons. The second-order valence-electron chi connectivity index (χ2n) is 5.56. The number of pyridine rings is 1. The molecule has 108 valence electrons. The summed E-state index contributed by atoms with van der Waals surface area (Å²) < 4.78 is 7.36. The second kappa shape index (κ2) is 4.87. The smallest absolute Gasteiger partial charge is 0.224 e. The van der Waals surface area contributed by atoms with Crippen molar-refractivity contribution in [3.8, 4) is 17.1 Å². The number of rotatable bonds is 4. The highest BCUT2D eigenvalue weighted by Gasteiger charge is 2.19. The van der Waals surface area contributed by atoms with Gasteiger partial charge in [-0.15, -0.1) is 0 Å². The Balaban J connectivity index is 1.72. The maximum Gasteiger partial charge on any atom is 0.224 e. The normalized spacial score (nSPS) is 15.3. The number of methoxy groups -OCH3 is 1. The van der Waals surface area contributed by atoms with Crippen LogP contribution < -0.4 is 4.74 Å². The second-order valence-corrected chi connectivity index (χ2v) is 5.56. The van der Waals surface area contributed by atoms with Crippen molar-refractivity contribution in [1.29, 1.82) is 0 Å². The Morgan fingerprint density at radius 3 is 3.10 bits per heavy atom. The van der Waals surface area contributed by atoms with Gasteiger partial charge in [0.15, 0.2) is 0 Å². The molecule has 0 amide bonds. The first-order chi connectivity index (χ1) is 10.3. The SMILES string of the molecule is COc1nccc2[nH]nc(-c3cnn(CC4CCC4)c3)c12. The van der Waals surface area contributed by atoms with Crippen LogP contribution in [0.1, 0.15) is 19.3 Å². The number of aromatic amines is 1. The molecule has 1 aliphatic carbocycles. The van der Waals surface area contributed by atoms with E-state index in [9.17, 15) is 0 Å². The number of H-pyrrole nitrogens is 1. The number of fused-ring (bicyclic) bond motifs is 1. The van der Waals surface area contributed by atoms with Crippen molar-refractivity contribution >= 4 is 10.9 Å². The van der Waals surface area contributed by atoms with Gasteiger partial charge < -0.3 is 4.74 Å². The Kier molecular flexibility index (Phi) is 2.87. The first kappa shape index (κ1) is 12.4. The van der Waals surface area contributed by atoms with Gasteiger partial charge in [0.1, 0.15) is 5.69 Å². The topological polar surface area (TPSA) is 68.6 Å². The Bertz CT molecular complexity index is 771. The summed E-state index contributed by atoms with van der Waals surface area (Å²) in [5, 5.41) is 12.8. The predicted molar refractivity (Wildman–Crippen MR) is 79.0 cm³/mol. The first-order valence-corrected chi connectivity index (χ1v) is 7.25. The summed E-state index contributed by atoms with van der Waals surface area (Å²) in [5.41, 5.74) is 2.75. The molecule has 3 aromatic heterocycles. The largest absolute Gasteiger partial charge is 0.480 e. The molecule has 1 N–H and O–H groups in total. The van der Waals surface area contributed by atoms with Gasteiger partial charge >= 0.3 is 0 Å². The highest BCUT2D eigenvalue weighted by Crippen LogP contribution is 2.32. The van der Waals surface area contributed by atoms with E-state index in [1.165, 1.54) is 19.3 Å². The molecule has 0 bridgehead atoms. The molecular weight excluding hydrogens is 266 g/mol. The van der Waals surface area contributed by atoms with E-state index in [1.807, 2.05) is 16.9 Å². The van der Waals surface area contributed by atoms with Gasteiger partial charge in [-0.05, 0) is 24.8 Å². The van der Waals surface area contributed by atoms with Crippen molar-refractivity contribution in [1.82, 2.24) is 25.0 Å². The lowest BCUT2D eigenvalue weighted by molar-refractivity contribution is 0.266. The minimum absolute atomic E-state index is 0.586. The lowest BCUT2D eigenvalue weighted by atomic mass is 9.85. The molecule has 0 atom stereocenters. The van der Waals surface area contributed by atoms with Crippen LogP contribution in [-0.4, -0.2) is 32.1 Å². The molecule has 1 fully saturated rings. The number of nitrogens with zero attached hydrogens (tertiary/aromatic N) is 4. The van der Waals surface area contributed by atoms with Gasteiger partial charge in [-0.3, -0.25) is 9.78 Å². The van der Waals surface area contributed by atoms with E-state index in [1.54, 1.807) is 13.3 Å². The molecular formula is C15H17N5O. The van der Waals surface area contributed by atoms with Crippen molar-refractivity contribution < 1.29 is 4.74 Å². The summed E-state index contributed by atoms with van der Waals surface area (Å²) in [6, 6.07) is 1.90. The number of aromatic nitrogens is 5. The average molecular weight is 283 g/mol. The zero-order valence-electron chi connectivity index (χ0n) is 11.9. The Morgan fingerprint density at radius 1 is 1.43 bits per heavy atom. The molecule has 1 saturated carbocycles. The first-order valence-electron chi connectivity index (χ1n) is 7.25. The van der Waals surface area contributed by atoms with Gasteiger partial charge in [0, 0.05) is 24.5 Å². The minimum atomic E-state index is 0.586. The molecule has 4 rings (SSSR count). The van der Waals surface area contributed by atoms with Gasteiger partial charge in [-0.1, -0.05) is 6.42 Å². The van der Waals surface area contributed by atoms with Crippen LogP contribution in [-0.2, 0) is 6.54 Å². The van der Waals surface area contributed by atoms with Gasteiger partial charge in [-0.25, -0.2) is 4.98 Å². The average Bonchev–Trinajstić information content (AvgIpc) is 3.08. The maximum absolute atomic E-state index is 5.35. The van der Waals surface area contributed by atoms with Crippen molar-refractivity contribution in [3.63, 3.8) is 0 Å². The molecule has 0 aliphatic heterocycles. The maximum atomic E-state index is 5.35. The fraction of sp³-hybridized carbons (Fsp3) is 0.400. The van der Waals surface area contributed by atoms with Crippen LogP contribution in [0.15, 0.2) is 24.7 Å². The van der Waals surface area contributed by atoms with E-state index in [4.69, 9.17) is 4.74 Å². The summed E-state index contributed by atoms with van der Waals surface area (Å²) in [5.74, 6) is 1.37. The summed E-state index contributed by atoms with van der Waals surface area (Å²) in [7, 11) is 1.62. The van der Waals surface area contributed by atoms with E-state index in [-0.39, 0.29) is 0 Å².